The van der Waals surface area contributed by atoms with E-state index in [9.17, 15) is 4.39 Å². The van der Waals surface area contributed by atoms with Crippen LogP contribution in [-0.2, 0) is 0 Å². The molecule has 1 heteroatoms. The van der Waals surface area contributed by atoms with Crippen LogP contribution in [0.1, 0.15) is 17.9 Å². The molecule has 2 unspecified atom stereocenters. The Morgan fingerprint density at radius 1 is 1.00 bits per heavy atom. The van der Waals surface area contributed by atoms with Gasteiger partial charge in [0.1, 0.15) is 6.17 Å². The van der Waals surface area contributed by atoms with E-state index in [1.165, 1.54) is 16.3 Å². The van der Waals surface area contributed by atoms with E-state index in [1.807, 2.05) is 24.3 Å². The van der Waals surface area contributed by atoms with Crippen LogP contribution in [0.15, 0.2) is 42.5 Å². The average molecular weight is 186 g/mol. The molecule has 0 heterocycles. The summed E-state index contributed by atoms with van der Waals surface area (Å²) in [4.78, 5) is 0. The van der Waals surface area contributed by atoms with Crippen molar-refractivity contribution in [2.75, 3.05) is 0 Å². The lowest BCUT2D eigenvalue weighted by Gasteiger charge is -2.03. The fraction of sp³-hybridized carbons (Fsp3) is 0.231. The molecule has 0 spiro atoms. The monoisotopic (exact) mass is 186 g/mol. The summed E-state index contributed by atoms with van der Waals surface area (Å²) in [5, 5.41) is 2.42. The number of benzene rings is 2. The Morgan fingerprint density at radius 3 is 2.50 bits per heavy atom. The highest BCUT2D eigenvalue weighted by Crippen LogP contribution is 2.45. The van der Waals surface area contributed by atoms with Gasteiger partial charge in [0.2, 0.25) is 0 Å². The molecule has 0 amide bonds. The zero-order valence-electron chi connectivity index (χ0n) is 7.78. The van der Waals surface area contributed by atoms with Crippen molar-refractivity contribution in [2.24, 2.45) is 0 Å². The van der Waals surface area contributed by atoms with Crippen molar-refractivity contribution >= 4 is 10.8 Å². The van der Waals surface area contributed by atoms with Crippen molar-refractivity contribution in [1.29, 1.82) is 0 Å². The second-order valence-corrected chi connectivity index (χ2v) is 3.93. The smallest absolute Gasteiger partial charge is 0.108 e. The van der Waals surface area contributed by atoms with E-state index in [4.69, 9.17) is 0 Å². The normalized spacial score (nSPS) is 25.2. The van der Waals surface area contributed by atoms with Gasteiger partial charge in [-0.3, -0.25) is 0 Å². The van der Waals surface area contributed by atoms with Gasteiger partial charge in [-0.15, -0.1) is 0 Å². The van der Waals surface area contributed by atoms with Crippen molar-refractivity contribution in [3.8, 4) is 0 Å². The third kappa shape index (κ3) is 1.12. The van der Waals surface area contributed by atoms with Gasteiger partial charge in [-0.2, -0.15) is 0 Å². The molecule has 1 aliphatic carbocycles. The molecular formula is C13H11F. The highest BCUT2D eigenvalue weighted by Gasteiger charge is 2.39. The van der Waals surface area contributed by atoms with Gasteiger partial charge in [0.25, 0.3) is 0 Å². The lowest BCUT2D eigenvalue weighted by molar-refractivity contribution is 0.469. The summed E-state index contributed by atoms with van der Waals surface area (Å²) < 4.78 is 13.0. The molecule has 14 heavy (non-hydrogen) atoms. The van der Waals surface area contributed by atoms with Gasteiger partial charge in [-0.25, -0.2) is 4.39 Å². The quantitative estimate of drug-likeness (QED) is 0.637. The summed E-state index contributed by atoms with van der Waals surface area (Å²) in [6.07, 6.45) is 0.0920. The molecule has 2 aromatic carbocycles. The molecule has 0 saturated heterocycles. The van der Waals surface area contributed by atoms with Gasteiger partial charge in [-0.05, 0) is 22.8 Å². The minimum Gasteiger partial charge on any atom is -0.247 e. The second kappa shape index (κ2) is 2.81. The maximum atomic E-state index is 13.0. The Labute approximate surface area is 82.4 Å². The molecule has 0 nitrogen and oxygen atoms in total. The van der Waals surface area contributed by atoms with Crippen LogP contribution in [0.25, 0.3) is 10.8 Å². The van der Waals surface area contributed by atoms with Gasteiger partial charge in [0.15, 0.2) is 0 Å². The molecule has 70 valence electrons. The first-order chi connectivity index (χ1) is 6.86. The fourth-order valence-corrected chi connectivity index (χ4v) is 2.06. The Kier molecular flexibility index (Phi) is 1.60. The predicted octanol–water partition coefficient (Wildman–Crippen LogP) is 3.67. The number of alkyl halides is 1. The standard InChI is InChI=1S/C13H11F/c14-13-8-12(13)11-7-3-5-9-4-1-2-6-10(9)11/h1-7,12-13H,8H2. The van der Waals surface area contributed by atoms with Crippen molar-refractivity contribution in [1.82, 2.24) is 0 Å². The van der Waals surface area contributed by atoms with Gasteiger partial charge in [-0.1, -0.05) is 42.5 Å². The fourth-order valence-electron chi connectivity index (χ4n) is 2.06. The van der Waals surface area contributed by atoms with Crippen LogP contribution in [-0.4, -0.2) is 6.17 Å². The summed E-state index contributed by atoms with van der Waals surface area (Å²) in [7, 11) is 0. The molecule has 3 rings (SSSR count). The van der Waals surface area contributed by atoms with Crippen molar-refractivity contribution < 1.29 is 4.39 Å². The highest BCUT2D eigenvalue weighted by molar-refractivity contribution is 5.86. The number of rotatable bonds is 1. The summed E-state index contributed by atoms with van der Waals surface area (Å²) in [6.45, 7) is 0. The molecule has 1 aliphatic rings. The van der Waals surface area contributed by atoms with Crippen molar-refractivity contribution in [3.63, 3.8) is 0 Å². The molecule has 1 saturated carbocycles. The van der Waals surface area contributed by atoms with Gasteiger partial charge >= 0.3 is 0 Å². The SMILES string of the molecule is FC1CC1c1cccc2ccccc12. The molecule has 2 aromatic rings. The van der Waals surface area contributed by atoms with Crippen LogP contribution in [0.3, 0.4) is 0 Å². The first-order valence-electron chi connectivity index (χ1n) is 4.98. The highest BCUT2D eigenvalue weighted by atomic mass is 19.1. The Morgan fingerprint density at radius 2 is 1.71 bits per heavy atom. The summed E-state index contributed by atoms with van der Waals surface area (Å²) >= 11 is 0. The van der Waals surface area contributed by atoms with Crippen LogP contribution in [0.5, 0.6) is 0 Å². The summed E-state index contributed by atoms with van der Waals surface area (Å²) in [6, 6.07) is 14.3. The van der Waals surface area contributed by atoms with E-state index >= 15 is 0 Å². The maximum absolute atomic E-state index is 13.0. The third-order valence-electron chi connectivity index (χ3n) is 2.94. The van der Waals surface area contributed by atoms with Crippen LogP contribution in [0, 0.1) is 0 Å². The summed E-state index contributed by atoms with van der Waals surface area (Å²) in [5.74, 6) is 0.154. The largest absolute Gasteiger partial charge is 0.247 e. The predicted molar refractivity (Wildman–Crippen MR) is 56.2 cm³/mol. The van der Waals surface area contributed by atoms with Crippen molar-refractivity contribution in [2.45, 2.75) is 18.5 Å². The van der Waals surface area contributed by atoms with Gasteiger partial charge in [0.05, 0.1) is 0 Å². The lowest BCUT2D eigenvalue weighted by atomic mass is 10.0. The lowest BCUT2D eigenvalue weighted by Crippen LogP contribution is -1.84. The van der Waals surface area contributed by atoms with E-state index in [0.717, 1.165) is 0 Å². The van der Waals surface area contributed by atoms with Crippen LogP contribution in [0.2, 0.25) is 0 Å². The van der Waals surface area contributed by atoms with Gasteiger partial charge < -0.3 is 0 Å². The number of fused-ring (bicyclic) bond motifs is 1. The molecule has 0 aromatic heterocycles. The topological polar surface area (TPSA) is 0 Å². The zero-order valence-corrected chi connectivity index (χ0v) is 7.78. The number of halogens is 1. The number of hydrogen-bond acceptors (Lipinski definition) is 0. The van der Waals surface area contributed by atoms with Crippen LogP contribution < -0.4 is 0 Å². The first-order valence-corrected chi connectivity index (χ1v) is 4.98. The molecule has 0 radical (unpaired) electrons. The van der Waals surface area contributed by atoms with E-state index in [0.29, 0.717) is 6.42 Å². The van der Waals surface area contributed by atoms with Crippen LogP contribution >= 0.6 is 0 Å². The van der Waals surface area contributed by atoms with Crippen molar-refractivity contribution in [3.05, 3.63) is 48.0 Å². The van der Waals surface area contributed by atoms with E-state index in [-0.39, 0.29) is 5.92 Å². The molecule has 1 fully saturated rings. The zero-order chi connectivity index (χ0) is 9.54. The van der Waals surface area contributed by atoms with Crippen LogP contribution in [0.4, 0.5) is 4.39 Å². The Hall–Kier alpha value is -1.37. The maximum Gasteiger partial charge on any atom is 0.108 e. The molecule has 0 bridgehead atoms. The van der Waals surface area contributed by atoms with Gasteiger partial charge in [0, 0.05) is 5.92 Å². The minimum absolute atomic E-state index is 0.154. The third-order valence-corrected chi connectivity index (χ3v) is 2.94. The molecule has 2 atom stereocenters. The summed E-state index contributed by atoms with van der Waals surface area (Å²) in [5.41, 5.74) is 1.18. The first kappa shape index (κ1) is 7.98. The van der Waals surface area contributed by atoms with E-state index in [1.54, 1.807) is 0 Å². The number of hydrogen-bond donors (Lipinski definition) is 0. The van der Waals surface area contributed by atoms with E-state index in [2.05, 4.69) is 18.2 Å². The molecule has 0 aliphatic heterocycles. The Balaban J connectivity index is 2.23. The second-order valence-electron chi connectivity index (χ2n) is 3.93. The minimum atomic E-state index is -0.610. The molecular weight excluding hydrogens is 175 g/mol. The average Bonchev–Trinajstić information content (AvgIpc) is 2.95. The Bertz CT molecular complexity index is 470. The molecule has 0 N–H and O–H groups in total. The van der Waals surface area contributed by atoms with E-state index < -0.39 is 6.17 Å².